The first-order valence-electron chi connectivity index (χ1n) is 16.7. The van der Waals surface area contributed by atoms with Crippen LogP contribution in [0.4, 0.5) is 0 Å². The first-order chi connectivity index (χ1) is 17.7. The Morgan fingerprint density at radius 3 is 1.08 bits per heavy atom. The number of rotatable bonds is 30. The Bertz CT molecular complexity index is 428. The molecule has 0 spiro atoms. The van der Waals surface area contributed by atoms with Crippen molar-refractivity contribution < 1.29 is 5.11 Å². The van der Waals surface area contributed by atoms with Gasteiger partial charge in [0.05, 0.1) is 4.99 Å². The molecule has 1 atom stereocenters. The first-order valence-corrected chi connectivity index (χ1v) is 17.1. The maximum absolute atomic E-state index is 10.2. The molecule has 0 saturated carbocycles. The number of aliphatic hydroxyl groups excluding tert-OH is 1. The quantitative estimate of drug-likeness (QED) is 0.0555. The normalized spacial score (nSPS) is 12.2. The van der Waals surface area contributed by atoms with E-state index in [9.17, 15) is 5.11 Å². The van der Waals surface area contributed by atoms with Gasteiger partial charge in [-0.15, -0.1) is 0 Å². The Morgan fingerprint density at radius 2 is 0.750 bits per heavy atom. The van der Waals surface area contributed by atoms with Crippen molar-refractivity contribution in [2.24, 2.45) is 0 Å². The summed E-state index contributed by atoms with van der Waals surface area (Å²) in [6, 6.07) is 0. The van der Waals surface area contributed by atoms with Gasteiger partial charge in [0, 0.05) is 0 Å². The zero-order chi connectivity index (χ0) is 26.4. The van der Waals surface area contributed by atoms with E-state index in [1.807, 2.05) is 0 Å². The lowest BCUT2D eigenvalue weighted by Crippen LogP contribution is -2.33. The fourth-order valence-electron chi connectivity index (χ4n) is 5.17. The van der Waals surface area contributed by atoms with Crippen LogP contribution >= 0.6 is 12.2 Å². The van der Waals surface area contributed by atoms with Crippen LogP contribution in [0.15, 0.2) is 0 Å². The summed E-state index contributed by atoms with van der Waals surface area (Å²) < 4.78 is 0. The van der Waals surface area contributed by atoms with E-state index in [0.717, 1.165) is 30.7 Å². The Labute approximate surface area is 233 Å². The molecule has 0 amide bonds. The average molecular weight is 526 g/mol. The van der Waals surface area contributed by atoms with Crippen LogP contribution in [0.3, 0.4) is 0 Å². The van der Waals surface area contributed by atoms with Crippen molar-refractivity contribution in [1.29, 1.82) is 0 Å². The van der Waals surface area contributed by atoms with E-state index >= 15 is 0 Å². The van der Waals surface area contributed by atoms with Crippen LogP contribution in [-0.4, -0.2) is 16.3 Å². The molecule has 0 saturated heterocycles. The highest BCUT2D eigenvalue weighted by molar-refractivity contribution is 7.80. The van der Waals surface area contributed by atoms with Crippen LogP contribution in [0.1, 0.15) is 200 Å². The van der Waals surface area contributed by atoms with Gasteiger partial charge in [0.15, 0.2) is 0 Å². The third-order valence-electron chi connectivity index (χ3n) is 7.67. The summed E-state index contributed by atoms with van der Waals surface area (Å²) in [5, 5.41) is 13.4. The average Bonchev–Trinajstić information content (AvgIpc) is 2.87. The standard InChI is InChI=1S/C33H67NOS/c1-3-5-7-9-11-13-15-17-19-20-22-24-26-28-30-32(35)34-33(36)31-29-27-25-23-21-18-16-14-12-10-8-6-4-2/h32,35H,3-31H2,1-2H3,(H,34,36). The Hall–Kier alpha value is -0.150. The molecule has 2 nitrogen and oxygen atoms in total. The lowest BCUT2D eigenvalue weighted by atomic mass is 10.0. The van der Waals surface area contributed by atoms with Crippen molar-refractivity contribution >= 4 is 17.2 Å². The minimum Gasteiger partial charge on any atom is -0.374 e. The van der Waals surface area contributed by atoms with Crippen LogP contribution in [0.5, 0.6) is 0 Å². The van der Waals surface area contributed by atoms with E-state index in [1.165, 1.54) is 161 Å². The van der Waals surface area contributed by atoms with Gasteiger partial charge < -0.3 is 10.4 Å². The van der Waals surface area contributed by atoms with Gasteiger partial charge in [-0.25, -0.2) is 0 Å². The highest BCUT2D eigenvalue weighted by atomic mass is 32.1. The smallest absolute Gasteiger partial charge is 0.124 e. The molecule has 0 aromatic rings. The van der Waals surface area contributed by atoms with E-state index in [0.29, 0.717) is 0 Å². The number of hydrogen-bond acceptors (Lipinski definition) is 2. The summed E-state index contributed by atoms with van der Waals surface area (Å²) in [6.45, 7) is 4.58. The molecule has 0 aliphatic carbocycles. The number of unbranched alkanes of at least 4 members (excludes halogenated alkanes) is 25. The molecule has 2 N–H and O–H groups in total. The van der Waals surface area contributed by atoms with Crippen LogP contribution in [0, 0.1) is 0 Å². The molecule has 36 heavy (non-hydrogen) atoms. The maximum Gasteiger partial charge on any atom is 0.124 e. The number of thiocarbonyl (C=S) groups is 1. The molecule has 0 fully saturated rings. The minimum atomic E-state index is -0.447. The van der Waals surface area contributed by atoms with Gasteiger partial charge in [-0.1, -0.05) is 187 Å². The van der Waals surface area contributed by atoms with Crippen molar-refractivity contribution in [3.63, 3.8) is 0 Å². The zero-order valence-electron chi connectivity index (χ0n) is 24.9. The van der Waals surface area contributed by atoms with Crippen LogP contribution < -0.4 is 5.32 Å². The van der Waals surface area contributed by atoms with E-state index in [1.54, 1.807) is 0 Å². The Kier molecular flexibility index (Phi) is 30.9. The lowest BCUT2D eigenvalue weighted by molar-refractivity contribution is 0.146. The van der Waals surface area contributed by atoms with E-state index in [-0.39, 0.29) is 0 Å². The van der Waals surface area contributed by atoms with E-state index < -0.39 is 6.23 Å². The second kappa shape index (κ2) is 31.1. The largest absolute Gasteiger partial charge is 0.374 e. The van der Waals surface area contributed by atoms with Crippen molar-refractivity contribution in [3.8, 4) is 0 Å². The monoisotopic (exact) mass is 525 g/mol. The molecule has 0 aliphatic heterocycles. The zero-order valence-corrected chi connectivity index (χ0v) is 25.8. The van der Waals surface area contributed by atoms with Crippen molar-refractivity contribution in [1.82, 2.24) is 5.32 Å². The van der Waals surface area contributed by atoms with Crippen molar-refractivity contribution in [2.75, 3.05) is 0 Å². The molecule has 216 valence electrons. The van der Waals surface area contributed by atoms with Crippen molar-refractivity contribution in [2.45, 2.75) is 206 Å². The molecular formula is C33H67NOS. The molecule has 1 unspecified atom stereocenters. The highest BCUT2D eigenvalue weighted by Crippen LogP contribution is 2.15. The molecule has 0 bridgehead atoms. The minimum absolute atomic E-state index is 0.447. The SMILES string of the molecule is CCCCCCCCCCCCCCCCC(O)NC(=S)CCCCCCCCCCCCCCC. The molecule has 0 radical (unpaired) electrons. The van der Waals surface area contributed by atoms with Gasteiger partial charge in [-0.05, 0) is 25.7 Å². The van der Waals surface area contributed by atoms with Gasteiger partial charge in [-0.3, -0.25) is 0 Å². The third kappa shape index (κ3) is 30.1. The predicted molar refractivity (Wildman–Crippen MR) is 167 cm³/mol. The lowest BCUT2D eigenvalue weighted by Gasteiger charge is -2.15. The van der Waals surface area contributed by atoms with E-state index in [2.05, 4.69) is 19.2 Å². The fraction of sp³-hybridized carbons (Fsp3) is 0.970. The molecule has 0 heterocycles. The summed E-state index contributed by atoms with van der Waals surface area (Å²) in [5.41, 5.74) is 0. The summed E-state index contributed by atoms with van der Waals surface area (Å²) in [6.07, 6.45) is 38.4. The van der Waals surface area contributed by atoms with Crippen molar-refractivity contribution in [3.05, 3.63) is 0 Å². The molecule has 0 aliphatic rings. The summed E-state index contributed by atoms with van der Waals surface area (Å²) in [5.74, 6) is 0. The fourth-order valence-corrected chi connectivity index (χ4v) is 5.45. The van der Waals surface area contributed by atoms with Gasteiger partial charge in [-0.2, -0.15) is 0 Å². The number of hydrogen-bond donors (Lipinski definition) is 2. The second-order valence-corrected chi connectivity index (χ2v) is 12.0. The Morgan fingerprint density at radius 1 is 0.472 bits per heavy atom. The molecule has 0 aromatic heterocycles. The predicted octanol–water partition coefficient (Wildman–Crippen LogP) is 11.6. The maximum atomic E-state index is 10.2. The third-order valence-corrected chi connectivity index (χ3v) is 7.99. The summed E-state index contributed by atoms with van der Waals surface area (Å²) >= 11 is 5.45. The summed E-state index contributed by atoms with van der Waals surface area (Å²) in [7, 11) is 0. The molecule has 0 rings (SSSR count). The Balaban J connectivity index is 3.28. The van der Waals surface area contributed by atoms with Gasteiger partial charge in [0.1, 0.15) is 6.23 Å². The van der Waals surface area contributed by atoms with E-state index in [4.69, 9.17) is 12.2 Å². The number of nitrogens with one attached hydrogen (secondary N) is 1. The molecular weight excluding hydrogens is 458 g/mol. The van der Waals surface area contributed by atoms with Crippen LogP contribution in [0.25, 0.3) is 0 Å². The summed E-state index contributed by atoms with van der Waals surface area (Å²) in [4.78, 5) is 0.857. The highest BCUT2D eigenvalue weighted by Gasteiger charge is 2.06. The van der Waals surface area contributed by atoms with Crippen LogP contribution in [-0.2, 0) is 0 Å². The first kappa shape index (κ1) is 35.9. The van der Waals surface area contributed by atoms with Gasteiger partial charge in [0.25, 0.3) is 0 Å². The van der Waals surface area contributed by atoms with Crippen LogP contribution in [0.2, 0.25) is 0 Å². The number of aliphatic hydroxyl groups is 1. The molecule has 0 aromatic carbocycles. The second-order valence-electron chi connectivity index (χ2n) is 11.5. The topological polar surface area (TPSA) is 32.3 Å². The van der Waals surface area contributed by atoms with Gasteiger partial charge >= 0.3 is 0 Å². The van der Waals surface area contributed by atoms with Gasteiger partial charge in [0.2, 0.25) is 0 Å². The molecule has 3 heteroatoms.